The number of hydrogen-bond acceptors (Lipinski definition) is 8. The van der Waals surface area contributed by atoms with Crippen LogP contribution < -0.4 is 19.9 Å². The van der Waals surface area contributed by atoms with Gasteiger partial charge in [-0.25, -0.2) is 22.9 Å². The molecule has 1 aliphatic rings. The number of nitrogens with two attached hydrogens (primary N) is 1. The third-order valence-electron chi connectivity index (χ3n) is 7.76. The average Bonchev–Trinajstić information content (AvgIpc) is 3.81. The van der Waals surface area contributed by atoms with E-state index < -0.39 is 40.3 Å². The molecule has 1 unspecified atom stereocenters. The molecule has 14 heteroatoms. The fourth-order valence-corrected chi connectivity index (χ4v) is 5.90. The zero-order chi connectivity index (χ0) is 33.3. The van der Waals surface area contributed by atoms with Crippen LogP contribution in [0.1, 0.15) is 46.0 Å². The van der Waals surface area contributed by atoms with Crippen LogP contribution in [0.25, 0.3) is 11.3 Å². The number of aryl methyl sites for hydroxylation is 2. The van der Waals surface area contributed by atoms with Crippen molar-refractivity contribution < 1.29 is 41.0 Å². The lowest BCUT2D eigenvalue weighted by Gasteiger charge is -2.21. The summed E-state index contributed by atoms with van der Waals surface area (Å²) in [7, 11) is -4.32. The molecule has 3 aromatic carbocycles. The molecule has 0 saturated heterocycles. The number of carboxylic acid groups (broad SMARTS) is 1. The number of rotatable bonds is 12. The summed E-state index contributed by atoms with van der Waals surface area (Å²) in [5, 5.41) is 9.31. The summed E-state index contributed by atoms with van der Waals surface area (Å²) in [6.07, 6.45) is -5.04. The van der Waals surface area contributed by atoms with E-state index >= 15 is 0 Å². The zero-order valence-corrected chi connectivity index (χ0v) is 25.7. The van der Waals surface area contributed by atoms with Crippen LogP contribution >= 0.6 is 0 Å². The van der Waals surface area contributed by atoms with Crippen molar-refractivity contribution in [1.29, 1.82) is 0 Å². The summed E-state index contributed by atoms with van der Waals surface area (Å²) < 4.78 is 80.2. The third kappa shape index (κ3) is 7.07. The lowest BCUT2D eigenvalue weighted by atomic mass is 10.00. The number of benzene rings is 3. The number of sulfonamides is 1. The van der Waals surface area contributed by atoms with Crippen molar-refractivity contribution in [2.45, 2.75) is 43.9 Å². The van der Waals surface area contributed by atoms with Crippen LogP contribution in [0, 0.1) is 19.3 Å². The van der Waals surface area contributed by atoms with Gasteiger partial charge in [0, 0.05) is 18.2 Å². The minimum absolute atomic E-state index is 0.0127. The van der Waals surface area contributed by atoms with Crippen LogP contribution in [0.3, 0.4) is 0 Å². The molecule has 242 valence electrons. The highest BCUT2D eigenvalue weighted by Crippen LogP contribution is 2.57. The Morgan fingerprint density at radius 3 is 2.26 bits per heavy atom. The smallest absolute Gasteiger partial charge is 0.397 e. The maximum atomic E-state index is 13.3. The van der Waals surface area contributed by atoms with Gasteiger partial charge in [-0.05, 0) is 73.7 Å². The second-order valence-corrected chi connectivity index (χ2v) is 12.8. The fraction of sp³-hybridized carbons (Fsp3) is 0.281. The van der Waals surface area contributed by atoms with E-state index in [1.54, 1.807) is 18.2 Å². The molecule has 4 aromatic rings. The molecule has 1 aromatic heterocycles. The second-order valence-electron chi connectivity index (χ2n) is 11.1. The van der Waals surface area contributed by atoms with Crippen molar-refractivity contribution in [1.82, 2.24) is 9.97 Å². The van der Waals surface area contributed by atoms with Crippen molar-refractivity contribution in [3.63, 3.8) is 0 Å². The Labute approximate surface area is 263 Å². The van der Waals surface area contributed by atoms with Crippen molar-refractivity contribution >= 4 is 21.9 Å². The number of aromatic nitrogens is 2. The Hall–Kier alpha value is -4.69. The molecule has 1 aliphatic carbocycles. The number of carboxylic acids is 1. The van der Waals surface area contributed by atoms with Crippen LogP contribution in [0.15, 0.2) is 77.7 Å². The van der Waals surface area contributed by atoms with Crippen LogP contribution in [-0.2, 0) is 10.0 Å². The summed E-state index contributed by atoms with van der Waals surface area (Å²) in [6, 6.07) is 18.3. The Kier molecular flexibility index (Phi) is 8.96. The summed E-state index contributed by atoms with van der Waals surface area (Å²) in [6.45, 7) is 3.26. The molecule has 5 rings (SSSR count). The standard InChI is InChI=1S/C32H31F3N4O6S/c1-19-5-3-6-20(2)28(19)25-16-27(38-30(37-25)39-46(42,43)24-8-4-7-22(15-24)29(40)41)45-26(17-36)21-9-11-23(12-10-21)44-18-31(13-14-31)32(33,34)35/h3-12,15-16,26H,13-14,17-18,36H2,1-2H3,(H,40,41)(H,37,38,39). The van der Waals surface area contributed by atoms with Gasteiger partial charge >= 0.3 is 12.1 Å². The molecule has 0 spiro atoms. The van der Waals surface area contributed by atoms with Crippen LogP contribution in [0.2, 0.25) is 0 Å². The molecule has 10 nitrogen and oxygen atoms in total. The van der Waals surface area contributed by atoms with E-state index in [0.717, 1.165) is 22.8 Å². The van der Waals surface area contributed by atoms with E-state index in [9.17, 15) is 31.5 Å². The number of halogens is 3. The monoisotopic (exact) mass is 656 g/mol. The molecule has 0 amide bonds. The summed E-state index contributed by atoms with van der Waals surface area (Å²) >= 11 is 0. The first-order chi connectivity index (χ1) is 21.7. The minimum atomic E-state index is -4.33. The number of anilines is 1. The van der Waals surface area contributed by atoms with Gasteiger partial charge in [0.25, 0.3) is 10.0 Å². The number of carbonyl (C=O) groups is 1. The normalized spacial score (nSPS) is 14.7. The van der Waals surface area contributed by atoms with Crippen LogP contribution in [-0.4, -0.2) is 48.8 Å². The number of ether oxygens (including phenoxy) is 2. The SMILES string of the molecule is Cc1cccc(C)c1-c1cc(OC(CN)c2ccc(OCC3(C(F)(F)F)CC3)cc2)nc(NS(=O)(=O)c2cccc(C(=O)O)c2)n1. The van der Waals surface area contributed by atoms with Gasteiger partial charge in [-0.2, -0.15) is 18.2 Å². The predicted molar refractivity (Wildman–Crippen MR) is 163 cm³/mol. The van der Waals surface area contributed by atoms with Gasteiger partial charge in [-0.3, -0.25) is 0 Å². The maximum absolute atomic E-state index is 13.3. The van der Waals surface area contributed by atoms with E-state index in [2.05, 4.69) is 14.7 Å². The number of nitrogens with zero attached hydrogens (tertiary/aromatic N) is 2. The number of nitrogens with one attached hydrogen (secondary N) is 1. The van der Waals surface area contributed by atoms with E-state index in [1.165, 1.54) is 30.3 Å². The molecule has 0 aliphatic heterocycles. The van der Waals surface area contributed by atoms with Crippen LogP contribution in [0.4, 0.5) is 19.1 Å². The van der Waals surface area contributed by atoms with E-state index in [1.807, 2.05) is 32.0 Å². The Morgan fingerprint density at radius 1 is 1.02 bits per heavy atom. The molecule has 1 heterocycles. The first-order valence-corrected chi connectivity index (χ1v) is 15.7. The van der Waals surface area contributed by atoms with Gasteiger partial charge in [-0.15, -0.1) is 0 Å². The first-order valence-electron chi connectivity index (χ1n) is 14.2. The van der Waals surface area contributed by atoms with Crippen molar-refractivity contribution in [2.24, 2.45) is 11.1 Å². The zero-order valence-electron chi connectivity index (χ0n) is 24.8. The van der Waals surface area contributed by atoms with Gasteiger partial charge in [0.15, 0.2) is 0 Å². The lowest BCUT2D eigenvalue weighted by Crippen LogP contribution is -2.30. The second kappa shape index (κ2) is 12.6. The van der Waals surface area contributed by atoms with Gasteiger partial charge in [0.2, 0.25) is 11.8 Å². The molecular weight excluding hydrogens is 625 g/mol. The summed E-state index contributed by atoms with van der Waals surface area (Å²) in [5.41, 5.74) is 7.39. The topological polar surface area (TPSA) is 154 Å². The van der Waals surface area contributed by atoms with Gasteiger partial charge in [0.05, 0.1) is 16.2 Å². The van der Waals surface area contributed by atoms with Crippen LogP contribution in [0.5, 0.6) is 11.6 Å². The Morgan fingerprint density at radius 2 is 1.67 bits per heavy atom. The van der Waals surface area contributed by atoms with E-state index in [0.29, 0.717) is 11.3 Å². The molecule has 4 N–H and O–H groups in total. The highest BCUT2D eigenvalue weighted by atomic mass is 32.2. The number of hydrogen-bond donors (Lipinski definition) is 3. The number of aromatic carboxylic acids is 1. The molecule has 1 atom stereocenters. The molecule has 1 fully saturated rings. The van der Waals surface area contributed by atoms with Crippen molar-refractivity contribution in [3.05, 3.63) is 95.1 Å². The fourth-order valence-electron chi connectivity index (χ4n) is 4.91. The summed E-state index contributed by atoms with van der Waals surface area (Å²) in [5.74, 6) is -1.37. The predicted octanol–water partition coefficient (Wildman–Crippen LogP) is 6.06. The van der Waals surface area contributed by atoms with E-state index in [-0.39, 0.29) is 47.4 Å². The maximum Gasteiger partial charge on any atom is 0.397 e. The van der Waals surface area contributed by atoms with Gasteiger partial charge < -0.3 is 20.3 Å². The Bertz CT molecular complexity index is 1840. The van der Waals surface area contributed by atoms with Crippen molar-refractivity contribution in [3.8, 4) is 22.9 Å². The van der Waals surface area contributed by atoms with Gasteiger partial charge in [0.1, 0.15) is 23.9 Å². The lowest BCUT2D eigenvalue weighted by molar-refractivity contribution is -0.194. The Balaban J connectivity index is 1.43. The highest BCUT2D eigenvalue weighted by molar-refractivity contribution is 7.92. The molecular formula is C32H31F3N4O6S. The summed E-state index contributed by atoms with van der Waals surface area (Å²) in [4.78, 5) is 19.8. The quantitative estimate of drug-likeness (QED) is 0.165. The van der Waals surface area contributed by atoms with Gasteiger partial charge in [-0.1, -0.05) is 36.4 Å². The largest absolute Gasteiger partial charge is 0.493 e. The molecule has 46 heavy (non-hydrogen) atoms. The average molecular weight is 657 g/mol. The number of alkyl halides is 3. The molecule has 0 bridgehead atoms. The van der Waals surface area contributed by atoms with E-state index in [4.69, 9.17) is 15.2 Å². The van der Waals surface area contributed by atoms with Crippen molar-refractivity contribution in [2.75, 3.05) is 17.9 Å². The highest BCUT2D eigenvalue weighted by Gasteiger charge is 2.63. The third-order valence-corrected chi connectivity index (χ3v) is 9.08. The molecule has 0 radical (unpaired) electrons. The molecule has 1 saturated carbocycles. The first kappa shape index (κ1) is 32.7. The minimum Gasteiger partial charge on any atom is -0.493 e.